The minimum atomic E-state index is -4.27. The van der Waals surface area contributed by atoms with Crippen molar-refractivity contribution in [1.29, 1.82) is 0 Å². The molecular weight excluding hydrogens is 389 g/mol. The maximum Gasteiger partial charge on any atom is 0.395 e. The highest BCUT2D eigenvalue weighted by Gasteiger charge is 2.40. The Hall–Kier alpha value is -1.56. The second-order valence-electron chi connectivity index (χ2n) is 9.39. The molecule has 1 heterocycles. The Bertz CT molecular complexity index is 715. The van der Waals surface area contributed by atoms with Crippen molar-refractivity contribution in [3.8, 4) is 0 Å². The van der Waals surface area contributed by atoms with Crippen LogP contribution in [0, 0.1) is 0 Å². The zero-order valence-electron chi connectivity index (χ0n) is 17.8. The Balaban J connectivity index is 1.40. The molecule has 3 fully saturated rings. The van der Waals surface area contributed by atoms with E-state index in [2.05, 4.69) is 9.80 Å². The maximum atomic E-state index is 13.3. The van der Waals surface area contributed by atoms with Crippen molar-refractivity contribution in [2.24, 2.45) is 0 Å². The minimum Gasteiger partial charge on any atom is -0.333 e. The van der Waals surface area contributed by atoms with E-state index < -0.39 is 12.1 Å². The highest BCUT2D eigenvalue weighted by Crippen LogP contribution is 2.36. The average molecular weight is 423 g/mol. The highest BCUT2D eigenvalue weighted by molar-refractivity contribution is 5.95. The molecule has 1 atom stereocenters. The first-order chi connectivity index (χ1) is 14.3. The first-order valence-electron chi connectivity index (χ1n) is 11.6. The number of carbonyl (C=O) groups excluding carboxylic acids is 1. The normalized spacial score (nSPS) is 23.3. The monoisotopic (exact) mass is 422 g/mol. The van der Waals surface area contributed by atoms with Crippen LogP contribution in [0.2, 0.25) is 0 Å². The SMILES string of the molecule is CC(c1ccc(C(=O)N(C2CC2)C2CCN(C3CCCCC3)CC2)cc1)C(F)(F)F. The van der Waals surface area contributed by atoms with Gasteiger partial charge in [0.25, 0.3) is 5.91 Å². The fraction of sp³-hybridized carbons (Fsp3) is 0.708. The predicted molar refractivity (Wildman–Crippen MR) is 112 cm³/mol. The predicted octanol–water partition coefficient (Wildman–Crippen LogP) is 5.75. The van der Waals surface area contributed by atoms with E-state index in [-0.39, 0.29) is 17.5 Å². The number of hydrogen-bond donors (Lipinski definition) is 0. The van der Waals surface area contributed by atoms with E-state index in [1.165, 1.54) is 44.2 Å². The Kier molecular flexibility index (Phi) is 6.42. The van der Waals surface area contributed by atoms with Crippen molar-refractivity contribution in [1.82, 2.24) is 9.80 Å². The second-order valence-corrected chi connectivity index (χ2v) is 9.39. The van der Waals surface area contributed by atoms with E-state index in [0.29, 0.717) is 17.6 Å². The van der Waals surface area contributed by atoms with Crippen LogP contribution in [0.1, 0.15) is 86.6 Å². The fourth-order valence-corrected chi connectivity index (χ4v) is 5.21. The third kappa shape index (κ3) is 4.84. The number of alkyl halides is 3. The van der Waals surface area contributed by atoms with Crippen molar-refractivity contribution in [3.05, 3.63) is 35.4 Å². The molecule has 1 amide bonds. The van der Waals surface area contributed by atoms with Gasteiger partial charge in [-0.1, -0.05) is 31.4 Å². The van der Waals surface area contributed by atoms with Crippen LogP contribution in [-0.2, 0) is 0 Å². The molecule has 4 rings (SSSR count). The number of piperidine rings is 1. The lowest BCUT2D eigenvalue weighted by Gasteiger charge is -2.42. The number of benzene rings is 1. The lowest BCUT2D eigenvalue weighted by Crippen LogP contribution is -2.50. The molecule has 166 valence electrons. The molecule has 1 aromatic rings. The smallest absolute Gasteiger partial charge is 0.333 e. The van der Waals surface area contributed by atoms with Gasteiger partial charge in [-0.2, -0.15) is 13.2 Å². The molecule has 1 aliphatic heterocycles. The van der Waals surface area contributed by atoms with Gasteiger partial charge in [0.1, 0.15) is 0 Å². The molecule has 6 heteroatoms. The third-order valence-electron chi connectivity index (χ3n) is 7.31. The van der Waals surface area contributed by atoms with Crippen LogP contribution in [-0.4, -0.2) is 53.1 Å². The fourth-order valence-electron chi connectivity index (χ4n) is 5.21. The zero-order chi connectivity index (χ0) is 21.3. The first-order valence-corrected chi connectivity index (χ1v) is 11.6. The van der Waals surface area contributed by atoms with Crippen molar-refractivity contribution in [2.45, 2.75) is 94.9 Å². The Morgan fingerprint density at radius 1 is 0.933 bits per heavy atom. The van der Waals surface area contributed by atoms with Crippen molar-refractivity contribution >= 4 is 5.91 Å². The molecular formula is C24H33F3N2O. The van der Waals surface area contributed by atoms with Gasteiger partial charge in [-0.3, -0.25) is 4.79 Å². The topological polar surface area (TPSA) is 23.6 Å². The quantitative estimate of drug-likeness (QED) is 0.603. The number of likely N-dealkylation sites (tertiary alicyclic amines) is 1. The number of carbonyl (C=O) groups is 1. The van der Waals surface area contributed by atoms with Crippen molar-refractivity contribution in [2.75, 3.05) is 13.1 Å². The van der Waals surface area contributed by atoms with Crippen LogP contribution < -0.4 is 0 Å². The number of rotatable bonds is 5. The molecule has 0 N–H and O–H groups in total. The number of amides is 1. The number of hydrogen-bond acceptors (Lipinski definition) is 2. The summed E-state index contributed by atoms with van der Waals surface area (Å²) in [6.45, 7) is 3.26. The van der Waals surface area contributed by atoms with Gasteiger partial charge in [-0.25, -0.2) is 0 Å². The van der Waals surface area contributed by atoms with E-state index in [0.717, 1.165) is 45.7 Å². The van der Waals surface area contributed by atoms with Crippen LogP contribution in [0.5, 0.6) is 0 Å². The van der Waals surface area contributed by atoms with E-state index in [9.17, 15) is 18.0 Å². The molecule has 0 bridgehead atoms. The molecule has 3 aliphatic rings. The van der Waals surface area contributed by atoms with Crippen LogP contribution in [0.4, 0.5) is 13.2 Å². The summed E-state index contributed by atoms with van der Waals surface area (Å²) < 4.78 is 38.9. The largest absolute Gasteiger partial charge is 0.395 e. The zero-order valence-corrected chi connectivity index (χ0v) is 17.8. The van der Waals surface area contributed by atoms with Gasteiger partial charge < -0.3 is 9.80 Å². The molecule has 2 saturated carbocycles. The molecule has 3 nitrogen and oxygen atoms in total. The van der Waals surface area contributed by atoms with Gasteiger partial charge in [0.2, 0.25) is 0 Å². The van der Waals surface area contributed by atoms with E-state index in [1.807, 2.05) is 0 Å². The summed E-state index contributed by atoms with van der Waals surface area (Å²) in [7, 11) is 0. The van der Waals surface area contributed by atoms with Gasteiger partial charge in [-0.15, -0.1) is 0 Å². The highest BCUT2D eigenvalue weighted by atomic mass is 19.4. The molecule has 0 aromatic heterocycles. The standard InChI is InChI=1S/C24H33F3N2O/c1-17(24(25,26)27)18-7-9-19(10-8-18)23(30)29(21-11-12-21)22-13-15-28(16-14-22)20-5-3-2-4-6-20/h7-10,17,20-22H,2-6,11-16H2,1H3. The van der Waals surface area contributed by atoms with Crippen LogP contribution in [0.3, 0.4) is 0 Å². The van der Waals surface area contributed by atoms with Gasteiger partial charge in [-0.05, 0) is 63.1 Å². The van der Waals surface area contributed by atoms with Crippen molar-refractivity contribution in [3.63, 3.8) is 0 Å². The second kappa shape index (κ2) is 8.89. The summed E-state index contributed by atoms with van der Waals surface area (Å²) in [6.07, 6.45) is 6.45. The third-order valence-corrected chi connectivity index (χ3v) is 7.31. The molecule has 0 radical (unpaired) electrons. The first kappa shape index (κ1) is 21.7. The summed E-state index contributed by atoms with van der Waals surface area (Å²) in [4.78, 5) is 18.0. The molecule has 0 spiro atoms. The van der Waals surface area contributed by atoms with Crippen LogP contribution in [0.15, 0.2) is 24.3 Å². The molecule has 2 aliphatic carbocycles. The lowest BCUT2D eigenvalue weighted by molar-refractivity contribution is -0.146. The van der Waals surface area contributed by atoms with E-state index in [1.54, 1.807) is 12.1 Å². The van der Waals surface area contributed by atoms with Crippen LogP contribution in [0.25, 0.3) is 0 Å². The Morgan fingerprint density at radius 3 is 2.03 bits per heavy atom. The summed E-state index contributed by atoms with van der Waals surface area (Å²) in [5.74, 6) is -1.54. The summed E-state index contributed by atoms with van der Waals surface area (Å²) in [6, 6.07) is 7.34. The van der Waals surface area contributed by atoms with Gasteiger partial charge in [0, 0.05) is 36.8 Å². The Morgan fingerprint density at radius 2 is 1.50 bits per heavy atom. The summed E-state index contributed by atoms with van der Waals surface area (Å²) in [5.41, 5.74) is 0.715. The van der Waals surface area contributed by atoms with Crippen LogP contribution >= 0.6 is 0 Å². The maximum absolute atomic E-state index is 13.3. The molecule has 30 heavy (non-hydrogen) atoms. The molecule has 1 unspecified atom stereocenters. The Labute approximate surface area is 177 Å². The van der Waals surface area contributed by atoms with Gasteiger partial charge in [0.15, 0.2) is 0 Å². The van der Waals surface area contributed by atoms with Gasteiger partial charge >= 0.3 is 6.18 Å². The average Bonchev–Trinajstić information content (AvgIpc) is 3.59. The number of nitrogens with zero attached hydrogens (tertiary/aromatic N) is 2. The lowest BCUT2D eigenvalue weighted by atomic mass is 9.91. The summed E-state index contributed by atoms with van der Waals surface area (Å²) in [5, 5.41) is 0. The van der Waals surface area contributed by atoms with E-state index >= 15 is 0 Å². The summed E-state index contributed by atoms with van der Waals surface area (Å²) >= 11 is 0. The number of halogens is 3. The molecule has 1 aromatic carbocycles. The van der Waals surface area contributed by atoms with Crippen molar-refractivity contribution < 1.29 is 18.0 Å². The van der Waals surface area contributed by atoms with E-state index in [4.69, 9.17) is 0 Å². The molecule has 1 saturated heterocycles. The minimum absolute atomic E-state index is 0.0140. The van der Waals surface area contributed by atoms with Gasteiger partial charge in [0.05, 0.1) is 5.92 Å².